The summed E-state index contributed by atoms with van der Waals surface area (Å²) in [4.78, 5) is 3.61. The number of nitrogens with zero attached hydrogens (tertiary/aromatic N) is 4. The molecular weight excluding hydrogens is 585 g/mol. The van der Waals surface area contributed by atoms with Gasteiger partial charge >= 0.3 is 0 Å². The van der Waals surface area contributed by atoms with Crippen molar-refractivity contribution in [3.63, 3.8) is 0 Å². The zero-order valence-electron chi connectivity index (χ0n) is 25.5. The van der Waals surface area contributed by atoms with E-state index in [0.717, 1.165) is 11.1 Å². The number of aromatic nitrogens is 2. The summed E-state index contributed by atoms with van der Waals surface area (Å²) in [6.45, 7) is 7.42. The fourth-order valence-electron chi connectivity index (χ4n) is 8.43. The van der Waals surface area contributed by atoms with Crippen molar-refractivity contribution in [1.82, 2.24) is 8.80 Å². The molecule has 0 aliphatic heterocycles. The normalized spacial score (nSPS) is 12.1. The molecular formula is C44H22N4. The SMILES string of the molecule is [C-]#[N+]c1ccc(-c2ccc3c4cc5c(cc4n4c6ccccc6c2c34)c2ccc(-c3ccc(C#N)cc3)c3c4ccccc4n5c23)cc1. The Morgan fingerprint density at radius 2 is 0.958 bits per heavy atom. The summed E-state index contributed by atoms with van der Waals surface area (Å²) in [5, 5.41) is 19.3. The lowest BCUT2D eigenvalue weighted by Crippen LogP contribution is -1.82. The van der Waals surface area contributed by atoms with Crippen molar-refractivity contribution < 1.29 is 0 Å². The van der Waals surface area contributed by atoms with Crippen LogP contribution in [0, 0.1) is 17.9 Å². The van der Waals surface area contributed by atoms with Crippen LogP contribution in [0.5, 0.6) is 0 Å². The van der Waals surface area contributed by atoms with E-state index >= 15 is 0 Å². The highest BCUT2D eigenvalue weighted by atomic mass is 14.9. The second kappa shape index (κ2) is 8.89. The molecule has 4 aromatic heterocycles. The molecule has 7 aromatic carbocycles. The Morgan fingerprint density at radius 1 is 0.479 bits per heavy atom. The number of nitriles is 1. The molecule has 4 heterocycles. The third-order valence-electron chi connectivity index (χ3n) is 10.4. The highest BCUT2D eigenvalue weighted by Gasteiger charge is 2.24. The molecule has 0 N–H and O–H groups in total. The third kappa shape index (κ3) is 3.02. The van der Waals surface area contributed by atoms with Gasteiger partial charge in [-0.1, -0.05) is 97.1 Å². The number of hydrogen-bond acceptors (Lipinski definition) is 1. The molecule has 0 atom stereocenters. The van der Waals surface area contributed by atoms with Crippen LogP contribution >= 0.6 is 0 Å². The minimum atomic E-state index is 0.649. The summed E-state index contributed by atoms with van der Waals surface area (Å²) < 4.78 is 4.92. The van der Waals surface area contributed by atoms with E-state index in [4.69, 9.17) is 6.57 Å². The third-order valence-corrected chi connectivity index (χ3v) is 10.4. The molecule has 11 aromatic rings. The number of para-hydroxylation sites is 2. The van der Waals surface area contributed by atoms with Crippen LogP contribution < -0.4 is 0 Å². The van der Waals surface area contributed by atoms with Gasteiger partial charge in [0, 0.05) is 43.1 Å². The molecule has 0 amide bonds. The molecule has 218 valence electrons. The largest absolute Gasteiger partial charge is 0.308 e. The highest BCUT2D eigenvalue weighted by molar-refractivity contribution is 6.31. The summed E-state index contributed by atoms with van der Waals surface area (Å²) >= 11 is 0. The Hall–Kier alpha value is -6.88. The van der Waals surface area contributed by atoms with Gasteiger partial charge in [0.1, 0.15) is 0 Å². The van der Waals surface area contributed by atoms with Crippen LogP contribution in [0.2, 0.25) is 0 Å². The molecule has 11 rings (SSSR count). The molecule has 0 fully saturated rings. The van der Waals surface area contributed by atoms with Gasteiger partial charge in [0.2, 0.25) is 0 Å². The molecule has 4 nitrogen and oxygen atoms in total. The predicted molar refractivity (Wildman–Crippen MR) is 198 cm³/mol. The van der Waals surface area contributed by atoms with E-state index in [1.54, 1.807) is 0 Å². The molecule has 0 spiro atoms. The molecule has 0 aliphatic rings. The van der Waals surface area contributed by atoms with E-state index in [0.29, 0.717) is 11.3 Å². The first-order valence-corrected chi connectivity index (χ1v) is 16.0. The van der Waals surface area contributed by atoms with Gasteiger partial charge in [-0.15, -0.1) is 0 Å². The first-order chi connectivity index (χ1) is 23.7. The maximum Gasteiger partial charge on any atom is 0.187 e. The lowest BCUT2D eigenvalue weighted by atomic mass is 9.96. The minimum Gasteiger partial charge on any atom is -0.308 e. The van der Waals surface area contributed by atoms with Crippen LogP contribution in [-0.2, 0) is 0 Å². The standard InChI is InChI=1S/C44H22N4/c1-46-28-16-14-27(15-17-28)30-19-21-32-36-23-39-35(22-40(36)48-38-9-5-3-7-34(38)42(30)44(32)48)31-20-18-29(26-12-10-25(24-45)11-13-26)41-33-6-2-4-8-37(33)47(39)43(31)41/h2-23H. The van der Waals surface area contributed by atoms with Crippen molar-refractivity contribution in [1.29, 1.82) is 5.26 Å². The Morgan fingerprint density at radius 3 is 1.44 bits per heavy atom. The van der Waals surface area contributed by atoms with Gasteiger partial charge < -0.3 is 8.80 Å². The Kier molecular flexibility index (Phi) is 4.69. The summed E-state index contributed by atoms with van der Waals surface area (Å²) in [6, 6.07) is 49.4. The van der Waals surface area contributed by atoms with Crippen LogP contribution in [-0.4, -0.2) is 8.80 Å². The number of benzene rings is 7. The lowest BCUT2D eigenvalue weighted by molar-refractivity contribution is 1.36. The van der Waals surface area contributed by atoms with Gasteiger partial charge in [-0.3, -0.25) is 0 Å². The van der Waals surface area contributed by atoms with E-state index in [-0.39, 0.29) is 0 Å². The number of rotatable bonds is 2. The molecule has 0 saturated carbocycles. The first-order valence-electron chi connectivity index (χ1n) is 16.0. The zero-order valence-corrected chi connectivity index (χ0v) is 25.5. The van der Waals surface area contributed by atoms with Gasteiger partial charge in [0.25, 0.3) is 0 Å². The van der Waals surface area contributed by atoms with Gasteiger partial charge in [0.05, 0.1) is 51.3 Å². The van der Waals surface area contributed by atoms with Crippen molar-refractivity contribution in [2.24, 2.45) is 0 Å². The van der Waals surface area contributed by atoms with Gasteiger partial charge in [0.15, 0.2) is 5.69 Å². The van der Waals surface area contributed by atoms with E-state index in [9.17, 15) is 5.26 Å². The summed E-state index contributed by atoms with van der Waals surface area (Å²) in [5.74, 6) is 0. The average molecular weight is 607 g/mol. The van der Waals surface area contributed by atoms with E-state index in [2.05, 4.69) is 129 Å². The second-order valence-electron chi connectivity index (χ2n) is 12.7. The summed E-state index contributed by atoms with van der Waals surface area (Å²) in [7, 11) is 0. The van der Waals surface area contributed by atoms with Crippen LogP contribution in [0.4, 0.5) is 5.69 Å². The molecule has 0 unspecified atom stereocenters. The second-order valence-corrected chi connectivity index (χ2v) is 12.7. The molecule has 0 saturated heterocycles. The molecule has 0 bridgehead atoms. The quantitative estimate of drug-likeness (QED) is 0.180. The fraction of sp³-hybridized carbons (Fsp3) is 0. The molecule has 0 aliphatic carbocycles. The maximum absolute atomic E-state index is 9.40. The smallest absolute Gasteiger partial charge is 0.187 e. The molecule has 4 heteroatoms. The van der Waals surface area contributed by atoms with Crippen LogP contribution in [0.1, 0.15) is 5.56 Å². The highest BCUT2D eigenvalue weighted by Crippen LogP contribution is 2.48. The molecule has 0 radical (unpaired) electrons. The van der Waals surface area contributed by atoms with Crippen LogP contribution in [0.25, 0.3) is 103 Å². The van der Waals surface area contributed by atoms with Crippen LogP contribution in [0.3, 0.4) is 0 Å². The van der Waals surface area contributed by atoms with E-state index in [1.807, 2.05) is 24.3 Å². The van der Waals surface area contributed by atoms with Crippen molar-refractivity contribution in [3.8, 4) is 28.3 Å². The minimum absolute atomic E-state index is 0.649. The zero-order chi connectivity index (χ0) is 31.7. The average Bonchev–Trinajstić information content (AvgIpc) is 3.87. The topological polar surface area (TPSA) is 37.0 Å². The van der Waals surface area contributed by atoms with Crippen molar-refractivity contribution >= 4 is 81.9 Å². The Bertz CT molecular complexity index is 3000. The van der Waals surface area contributed by atoms with Gasteiger partial charge in [-0.05, 0) is 58.7 Å². The Balaban J connectivity index is 1.28. The lowest BCUT2D eigenvalue weighted by Gasteiger charge is -2.06. The van der Waals surface area contributed by atoms with Crippen molar-refractivity contribution in [3.05, 3.63) is 150 Å². The summed E-state index contributed by atoms with van der Waals surface area (Å²) in [5.41, 5.74) is 13.2. The monoisotopic (exact) mass is 606 g/mol. The molecule has 48 heavy (non-hydrogen) atoms. The fourth-order valence-corrected chi connectivity index (χ4v) is 8.43. The van der Waals surface area contributed by atoms with Crippen molar-refractivity contribution in [2.75, 3.05) is 0 Å². The number of hydrogen-bond donors (Lipinski definition) is 0. The first kappa shape index (κ1) is 25.3. The van der Waals surface area contributed by atoms with Crippen LogP contribution in [0.15, 0.2) is 133 Å². The number of fused-ring (bicyclic) bond motifs is 12. The van der Waals surface area contributed by atoms with E-state index < -0.39 is 0 Å². The predicted octanol–water partition coefficient (Wildman–Crippen LogP) is 11.7. The maximum atomic E-state index is 9.40. The van der Waals surface area contributed by atoms with Gasteiger partial charge in [-0.25, -0.2) is 4.85 Å². The Labute approximate surface area is 274 Å². The van der Waals surface area contributed by atoms with E-state index in [1.165, 1.54) is 87.3 Å². The summed E-state index contributed by atoms with van der Waals surface area (Å²) in [6.07, 6.45) is 0. The van der Waals surface area contributed by atoms with Crippen molar-refractivity contribution in [2.45, 2.75) is 0 Å². The van der Waals surface area contributed by atoms with Gasteiger partial charge in [-0.2, -0.15) is 5.26 Å².